The Hall–Kier alpha value is -1.81. The Kier molecular flexibility index (Phi) is 4.21. The van der Waals surface area contributed by atoms with Crippen molar-refractivity contribution in [3.05, 3.63) is 35.0 Å². The zero-order chi connectivity index (χ0) is 15.7. The second kappa shape index (κ2) is 6.13. The molecule has 1 unspecified atom stereocenters. The monoisotopic (exact) mass is 300 g/mol. The number of aliphatic hydroxyl groups excluding tert-OH is 1. The smallest absolute Gasteiger partial charge is 0.253 e. The van der Waals surface area contributed by atoms with E-state index in [1.54, 1.807) is 18.9 Å². The number of carbonyl (C=O) groups is 1. The molecule has 22 heavy (non-hydrogen) atoms. The molecular weight excluding hydrogens is 276 g/mol. The lowest BCUT2D eigenvalue weighted by molar-refractivity contribution is 0.0769. The van der Waals surface area contributed by atoms with Gasteiger partial charge in [-0.2, -0.15) is 0 Å². The number of amides is 1. The van der Waals surface area contributed by atoms with Crippen molar-refractivity contribution in [1.29, 1.82) is 0 Å². The summed E-state index contributed by atoms with van der Waals surface area (Å²) in [5.74, 6) is 0.0216. The van der Waals surface area contributed by atoms with Gasteiger partial charge < -0.3 is 15.0 Å². The lowest BCUT2D eigenvalue weighted by Gasteiger charge is -2.18. The van der Waals surface area contributed by atoms with Crippen LogP contribution in [0.25, 0.3) is 10.9 Å². The van der Waals surface area contributed by atoms with Crippen molar-refractivity contribution >= 4 is 16.8 Å². The summed E-state index contributed by atoms with van der Waals surface area (Å²) in [4.78, 5) is 17.7. The second-order valence-corrected chi connectivity index (χ2v) is 6.41. The average molecular weight is 300 g/mol. The number of nitrogens with zero attached hydrogens (tertiary/aromatic N) is 1. The van der Waals surface area contributed by atoms with Gasteiger partial charge in [0, 0.05) is 35.8 Å². The van der Waals surface area contributed by atoms with Gasteiger partial charge in [0.05, 0.1) is 6.10 Å². The second-order valence-electron chi connectivity index (χ2n) is 6.41. The molecule has 2 aromatic rings. The van der Waals surface area contributed by atoms with Gasteiger partial charge in [-0.05, 0) is 62.8 Å². The minimum absolute atomic E-state index is 0.0216. The number of H-pyrrole nitrogens is 1. The first-order valence-corrected chi connectivity index (χ1v) is 8.13. The van der Waals surface area contributed by atoms with Gasteiger partial charge in [-0.15, -0.1) is 0 Å². The lowest BCUT2D eigenvalue weighted by atomic mass is 9.95. The predicted octanol–water partition coefficient (Wildman–Crippen LogP) is 2.89. The predicted molar refractivity (Wildman–Crippen MR) is 88.2 cm³/mol. The molecule has 0 fully saturated rings. The summed E-state index contributed by atoms with van der Waals surface area (Å²) in [6.45, 7) is 2.32. The van der Waals surface area contributed by atoms with Gasteiger partial charge >= 0.3 is 0 Å². The van der Waals surface area contributed by atoms with Crippen LogP contribution in [0.2, 0.25) is 0 Å². The van der Waals surface area contributed by atoms with Gasteiger partial charge in [0.1, 0.15) is 0 Å². The van der Waals surface area contributed by atoms with E-state index in [0.29, 0.717) is 13.0 Å². The Labute approximate surface area is 131 Å². The quantitative estimate of drug-likeness (QED) is 0.912. The number of aryl methyl sites for hydroxylation is 2. The summed E-state index contributed by atoms with van der Waals surface area (Å²) in [6, 6.07) is 5.94. The molecule has 0 saturated carbocycles. The van der Waals surface area contributed by atoms with Gasteiger partial charge in [0.15, 0.2) is 0 Å². The lowest BCUT2D eigenvalue weighted by Crippen LogP contribution is -2.29. The van der Waals surface area contributed by atoms with Crippen LogP contribution in [0.5, 0.6) is 0 Å². The van der Waals surface area contributed by atoms with Crippen molar-refractivity contribution in [2.45, 2.75) is 45.1 Å². The Morgan fingerprint density at radius 2 is 2.14 bits per heavy atom. The third-order valence-electron chi connectivity index (χ3n) is 4.57. The standard InChI is InChI=1S/C18H24N2O2/c1-12(21)9-10-20(2)18(22)13-7-8-17-15(11-13)14-5-3-4-6-16(14)19-17/h7-8,11-12,19,21H,3-6,9-10H2,1-2H3. The van der Waals surface area contributed by atoms with Crippen molar-refractivity contribution in [2.24, 2.45) is 0 Å². The molecule has 1 heterocycles. The average Bonchev–Trinajstić information content (AvgIpc) is 2.89. The number of aliphatic hydroxyl groups is 1. The summed E-state index contributed by atoms with van der Waals surface area (Å²) in [7, 11) is 1.79. The summed E-state index contributed by atoms with van der Waals surface area (Å²) < 4.78 is 0. The number of rotatable bonds is 4. The number of aromatic amines is 1. The maximum absolute atomic E-state index is 12.5. The van der Waals surface area contributed by atoms with Crippen LogP contribution in [0.4, 0.5) is 0 Å². The van der Waals surface area contributed by atoms with Crippen LogP contribution in [0.15, 0.2) is 18.2 Å². The highest BCUT2D eigenvalue weighted by Gasteiger charge is 2.18. The molecule has 0 radical (unpaired) electrons. The number of nitrogens with one attached hydrogen (secondary N) is 1. The number of carbonyl (C=O) groups excluding carboxylic acids is 1. The van der Waals surface area contributed by atoms with Gasteiger partial charge in [-0.3, -0.25) is 4.79 Å². The largest absolute Gasteiger partial charge is 0.393 e. The van der Waals surface area contributed by atoms with E-state index in [4.69, 9.17) is 0 Å². The van der Waals surface area contributed by atoms with E-state index in [1.807, 2.05) is 18.2 Å². The molecule has 4 nitrogen and oxygen atoms in total. The van der Waals surface area contributed by atoms with Gasteiger partial charge in [-0.25, -0.2) is 0 Å². The molecule has 0 aliphatic heterocycles. The normalized spacial score (nSPS) is 15.6. The van der Waals surface area contributed by atoms with E-state index in [2.05, 4.69) is 4.98 Å². The van der Waals surface area contributed by atoms with Crippen LogP contribution in [-0.4, -0.2) is 40.6 Å². The summed E-state index contributed by atoms with van der Waals surface area (Å²) in [5.41, 5.74) is 4.60. The van der Waals surface area contributed by atoms with Crippen LogP contribution < -0.4 is 0 Å². The van der Waals surface area contributed by atoms with Crippen molar-refractivity contribution < 1.29 is 9.90 Å². The molecule has 0 spiro atoms. The third kappa shape index (κ3) is 2.88. The van der Waals surface area contributed by atoms with Crippen LogP contribution in [0.1, 0.15) is 47.8 Å². The number of hydrogen-bond donors (Lipinski definition) is 2. The number of benzene rings is 1. The molecule has 0 saturated heterocycles. The Morgan fingerprint density at radius 1 is 1.36 bits per heavy atom. The Bertz CT molecular complexity index is 688. The first-order valence-electron chi connectivity index (χ1n) is 8.13. The molecule has 1 aromatic heterocycles. The summed E-state index contributed by atoms with van der Waals surface area (Å²) in [6.07, 6.45) is 4.91. The molecule has 1 aliphatic rings. The summed E-state index contributed by atoms with van der Waals surface area (Å²) in [5, 5.41) is 10.6. The molecular formula is C18H24N2O2. The van der Waals surface area contributed by atoms with Crippen LogP contribution >= 0.6 is 0 Å². The molecule has 118 valence electrons. The van der Waals surface area contributed by atoms with E-state index in [1.165, 1.54) is 29.5 Å². The molecule has 1 atom stereocenters. The molecule has 0 bridgehead atoms. The number of aromatic nitrogens is 1. The highest BCUT2D eigenvalue weighted by molar-refractivity contribution is 5.99. The number of hydrogen-bond acceptors (Lipinski definition) is 2. The fourth-order valence-corrected chi connectivity index (χ4v) is 3.24. The third-order valence-corrected chi connectivity index (χ3v) is 4.57. The van der Waals surface area contributed by atoms with Crippen LogP contribution in [-0.2, 0) is 12.8 Å². The van der Waals surface area contributed by atoms with Gasteiger partial charge in [-0.1, -0.05) is 0 Å². The molecule has 1 amide bonds. The SMILES string of the molecule is CC(O)CCN(C)C(=O)c1ccc2[nH]c3c(c2c1)CCCC3. The molecule has 1 aromatic carbocycles. The minimum Gasteiger partial charge on any atom is -0.393 e. The van der Waals surface area contributed by atoms with E-state index < -0.39 is 0 Å². The Balaban J connectivity index is 1.86. The summed E-state index contributed by atoms with van der Waals surface area (Å²) >= 11 is 0. The van der Waals surface area contributed by atoms with Gasteiger partial charge in [0.25, 0.3) is 5.91 Å². The zero-order valence-electron chi connectivity index (χ0n) is 13.4. The van der Waals surface area contributed by atoms with E-state index in [-0.39, 0.29) is 12.0 Å². The van der Waals surface area contributed by atoms with Crippen LogP contribution in [0, 0.1) is 0 Å². The highest BCUT2D eigenvalue weighted by atomic mass is 16.3. The van der Waals surface area contributed by atoms with Crippen LogP contribution in [0.3, 0.4) is 0 Å². The highest BCUT2D eigenvalue weighted by Crippen LogP contribution is 2.29. The maximum Gasteiger partial charge on any atom is 0.253 e. The fraction of sp³-hybridized carbons (Fsp3) is 0.500. The van der Waals surface area contributed by atoms with E-state index in [0.717, 1.165) is 23.9 Å². The fourth-order valence-electron chi connectivity index (χ4n) is 3.24. The van der Waals surface area contributed by atoms with E-state index >= 15 is 0 Å². The molecule has 3 rings (SSSR count). The minimum atomic E-state index is -0.380. The van der Waals surface area contributed by atoms with Crippen molar-refractivity contribution in [1.82, 2.24) is 9.88 Å². The maximum atomic E-state index is 12.5. The van der Waals surface area contributed by atoms with Crippen molar-refractivity contribution in [3.8, 4) is 0 Å². The molecule has 2 N–H and O–H groups in total. The Morgan fingerprint density at radius 3 is 2.91 bits per heavy atom. The van der Waals surface area contributed by atoms with Gasteiger partial charge in [0.2, 0.25) is 0 Å². The van der Waals surface area contributed by atoms with E-state index in [9.17, 15) is 9.90 Å². The van der Waals surface area contributed by atoms with Crippen molar-refractivity contribution in [3.63, 3.8) is 0 Å². The first kappa shape index (κ1) is 15.1. The van der Waals surface area contributed by atoms with Crippen molar-refractivity contribution in [2.75, 3.05) is 13.6 Å². The topological polar surface area (TPSA) is 56.3 Å². The zero-order valence-corrected chi connectivity index (χ0v) is 13.4. The number of fused-ring (bicyclic) bond motifs is 3. The first-order chi connectivity index (χ1) is 10.6. The molecule has 4 heteroatoms. The molecule has 1 aliphatic carbocycles.